The van der Waals surface area contributed by atoms with Crippen molar-refractivity contribution in [3.8, 4) is 17.2 Å². The van der Waals surface area contributed by atoms with Gasteiger partial charge in [0.15, 0.2) is 0 Å². The Balaban J connectivity index is 2.19. The molecular weight excluding hydrogens is 295 g/mol. The Bertz CT molecular complexity index is 597. The molecule has 0 unspecified atom stereocenters. The Labute approximate surface area is 117 Å². The molecule has 20 heavy (non-hydrogen) atoms. The van der Waals surface area contributed by atoms with Gasteiger partial charge in [-0.1, -0.05) is 17.7 Å². The van der Waals surface area contributed by atoms with E-state index < -0.39 is 6.36 Å². The summed E-state index contributed by atoms with van der Waals surface area (Å²) in [7, 11) is 0. The second kappa shape index (κ2) is 5.50. The standard InChI is InChI=1S/C13H9ClF3NO2/c14-8-4-9(18)6-12(5-8)19-10-2-1-3-11(7-10)20-13(15,16)17/h1-7H,18H2. The fraction of sp³-hybridized carbons (Fsp3) is 0.0769. The molecular formula is C13H9ClF3NO2. The van der Waals surface area contributed by atoms with Crippen LogP contribution >= 0.6 is 11.6 Å². The molecule has 7 heteroatoms. The maximum Gasteiger partial charge on any atom is 0.573 e. The number of ether oxygens (including phenoxy) is 2. The third-order valence-corrected chi connectivity index (χ3v) is 2.39. The molecule has 0 saturated carbocycles. The van der Waals surface area contributed by atoms with Crippen molar-refractivity contribution in [1.29, 1.82) is 0 Å². The predicted molar refractivity (Wildman–Crippen MR) is 69.1 cm³/mol. The molecule has 3 nitrogen and oxygen atoms in total. The monoisotopic (exact) mass is 303 g/mol. The van der Waals surface area contributed by atoms with Crippen LogP contribution in [0.1, 0.15) is 0 Å². The van der Waals surface area contributed by atoms with E-state index in [-0.39, 0.29) is 11.5 Å². The zero-order chi connectivity index (χ0) is 14.8. The molecule has 0 saturated heterocycles. The Kier molecular flexibility index (Phi) is 3.94. The van der Waals surface area contributed by atoms with E-state index in [9.17, 15) is 13.2 Å². The highest BCUT2D eigenvalue weighted by molar-refractivity contribution is 6.31. The van der Waals surface area contributed by atoms with Crippen molar-refractivity contribution in [1.82, 2.24) is 0 Å². The van der Waals surface area contributed by atoms with Crippen molar-refractivity contribution in [2.75, 3.05) is 5.73 Å². The Hall–Kier alpha value is -2.08. The summed E-state index contributed by atoms with van der Waals surface area (Å²) in [6.07, 6.45) is -4.75. The van der Waals surface area contributed by atoms with Gasteiger partial charge < -0.3 is 15.2 Å². The Morgan fingerprint density at radius 2 is 1.65 bits per heavy atom. The molecule has 0 aromatic heterocycles. The van der Waals surface area contributed by atoms with Gasteiger partial charge >= 0.3 is 6.36 Å². The third-order valence-electron chi connectivity index (χ3n) is 2.17. The normalized spacial score (nSPS) is 11.2. The highest BCUT2D eigenvalue weighted by Crippen LogP contribution is 2.30. The van der Waals surface area contributed by atoms with Crippen LogP contribution in [0.5, 0.6) is 17.2 Å². The van der Waals surface area contributed by atoms with Gasteiger partial charge in [-0.25, -0.2) is 0 Å². The second-order valence-corrected chi connectivity index (χ2v) is 4.28. The van der Waals surface area contributed by atoms with Gasteiger partial charge in [0, 0.05) is 22.8 Å². The van der Waals surface area contributed by atoms with Gasteiger partial charge in [0.05, 0.1) is 0 Å². The van der Waals surface area contributed by atoms with Crippen LogP contribution in [0.2, 0.25) is 5.02 Å². The highest BCUT2D eigenvalue weighted by Gasteiger charge is 2.31. The van der Waals surface area contributed by atoms with Gasteiger partial charge in [-0.3, -0.25) is 0 Å². The molecule has 0 aliphatic heterocycles. The summed E-state index contributed by atoms with van der Waals surface area (Å²) in [5.41, 5.74) is 5.97. The second-order valence-electron chi connectivity index (χ2n) is 3.84. The van der Waals surface area contributed by atoms with Gasteiger partial charge in [-0.2, -0.15) is 0 Å². The predicted octanol–water partition coefficient (Wildman–Crippen LogP) is 4.61. The molecule has 0 radical (unpaired) electrons. The van der Waals surface area contributed by atoms with Crippen molar-refractivity contribution in [2.24, 2.45) is 0 Å². The maximum atomic E-state index is 12.1. The molecule has 2 rings (SSSR count). The van der Waals surface area contributed by atoms with Crippen LogP contribution in [0, 0.1) is 0 Å². The van der Waals surface area contributed by atoms with Crippen LogP contribution in [-0.4, -0.2) is 6.36 Å². The number of anilines is 1. The van der Waals surface area contributed by atoms with Gasteiger partial charge in [0.25, 0.3) is 0 Å². The minimum atomic E-state index is -4.75. The lowest BCUT2D eigenvalue weighted by Gasteiger charge is -2.11. The smallest absolute Gasteiger partial charge is 0.457 e. The zero-order valence-electron chi connectivity index (χ0n) is 9.95. The highest BCUT2D eigenvalue weighted by atomic mass is 35.5. The van der Waals surface area contributed by atoms with Crippen LogP contribution in [0.25, 0.3) is 0 Å². The van der Waals surface area contributed by atoms with Crippen LogP contribution in [-0.2, 0) is 0 Å². The van der Waals surface area contributed by atoms with Crippen molar-refractivity contribution in [3.63, 3.8) is 0 Å². The van der Waals surface area contributed by atoms with Gasteiger partial charge in [-0.15, -0.1) is 13.2 Å². The van der Waals surface area contributed by atoms with Gasteiger partial charge in [0.2, 0.25) is 0 Å². The van der Waals surface area contributed by atoms with Crippen molar-refractivity contribution >= 4 is 17.3 Å². The molecule has 0 amide bonds. The topological polar surface area (TPSA) is 44.5 Å². The van der Waals surface area contributed by atoms with E-state index in [0.29, 0.717) is 16.5 Å². The van der Waals surface area contributed by atoms with Crippen LogP contribution in [0.3, 0.4) is 0 Å². The molecule has 0 fully saturated rings. The molecule has 0 heterocycles. The van der Waals surface area contributed by atoms with E-state index in [2.05, 4.69) is 4.74 Å². The largest absolute Gasteiger partial charge is 0.573 e. The molecule has 0 aliphatic rings. The summed E-state index contributed by atoms with van der Waals surface area (Å²) < 4.78 is 45.5. The quantitative estimate of drug-likeness (QED) is 0.842. The molecule has 2 N–H and O–H groups in total. The third kappa shape index (κ3) is 4.24. The molecule has 0 aliphatic carbocycles. The van der Waals surface area contributed by atoms with E-state index in [1.165, 1.54) is 36.4 Å². The SMILES string of the molecule is Nc1cc(Cl)cc(Oc2cccc(OC(F)(F)F)c2)c1. The van der Waals surface area contributed by atoms with E-state index >= 15 is 0 Å². The van der Waals surface area contributed by atoms with Crippen LogP contribution < -0.4 is 15.2 Å². The average molecular weight is 304 g/mol. The first kappa shape index (κ1) is 14.3. The molecule has 0 spiro atoms. The Morgan fingerprint density at radius 1 is 0.950 bits per heavy atom. The summed E-state index contributed by atoms with van der Waals surface area (Å²) in [5.74, 6) is 0.123. The van der Waals surface area contributed by atoms with E-state index in [4.69, 9.17) is 22.1 Å². The molecule has 0 atom stereocenters. The number of alkyl halides is 3. The molecule has 106 valence electrons. The van der Waals surface area contributed by atoms with Crippen LogP contribution in [0.4, 0.5) is 18.9 Å². The number of hydrogen-bond donors (Lipinski definition) is 1. The fourth-order valence-electron chi connectivity index (χ4n) is 1.51. The summed E-state index contributed by atoms with van der Waals surface area (Å²) in [6, 6.07) is 9.68. The lowest BCUT2D eigenvalue weighted by molar-refractivity contribution is -0.274. The zero-order valence-corrected chi connectivity index (χ0v) is 10.7. The average Bonchev–Trinajstić information content (AvgIpc) is 2.25. The minimum absolute atomic E-state index is 0.174. The first-order chi connectivity index (χ1) is 9.32. The molecule has 2 aromatic carbocycles. The van der Waals surface area contributed by atoms with Crippen molar-refractivity contribution < 1.29 is 22.6 Å². The summed E-state index contributed by atoms with van der Waals surface area (Å²) in [4.78, 5) is 0. The summed E-state index contributed by atoms with van der Waals surface area (Å²) in [5, 5.41) is 0.364. The number of nitrogen functional groups attached to an aromatic ring is 1. The van der Waals surface area contributed by atoms with Gasteiger partial charge in [0.1, 0.15) is 17.2 Å². The maximum absolute atomic E-state index is 12.1. The molecule has 0 bridgehead atoms. The summed E-state index contributed by atoms with van der Waals surface area (Å²) >= 11 is 5.80. The van der Waals surface area contributed by atoms with E-state index in [1.54, 1.807) is 0 Å². The number of rotatable bonds is 3. The number of hydrogen-bond acceptors (Lipinski definition) is 3. The number of nitrogens with two attached hydrogens (primary N) is 1. The lowest BCUT2D eigenvalue weighted by Crippen LogP contribution is -2.16. The van der Waals surface area contributed by atoms with E-state index in [0.717, 1.165) is 6.07 Å². The minimum Gasteiger partial charge on any atom is -0.457 e. The van der Waals surface area contributed by atoms with E-state index in [1.807, 2.05) is 0 Å². The lowest BCUT2D eigenvalue weighted by atomic mass is 10.3. The number of benzene rings is 2. The number of halogens is 4. The van der Waals surface area contributed by atoms with Gasteiger partial charge in [-0.05, 0) is 24.3 Å². The van der Waals surface area contributed by atoms with Crippen molar-refractivity contribution in [3.05, 3.63) is 47.5 Å². The molecule has 2 aromatic rings. The summed E-state index contributed by atoms with van der Waals surface area (Å²) in [6.45, 7) is 0. The first-order valence-corrected chi connectivity index (χ1v) is 5.79. The fourth-order valence-corrected chi connectivity index (χ4v) is 1.75. The van der Waals surface area contributed by atoms with Crippen molar-refractivity contribution in [2.45, 2.75) is 6.36 Å². The van der Waals surface area contributed by atoms with Crippen LogP contribution in [0.15, 0.2) is 42.5 Å². The Morgan fingerprint density at radius 3 is 2.30 bits per heavy atom. The first-order valence-electron chi connectivity index (χ1n) is 5.41.